The lowest BCUT2D eigenvalue weighted by Gasteiger charge is -2.42. The number of nitrogens with two attached hydrogens (primary N) is 1. The molecule has 3 heteroatoms. The third-order valence-electron chi connectivity index (χ3n) is 4.21. The fourth-order valence-corrected chi connectivity index (χ4v) is 3.11. The average molecular weight is 226 g/mol. The van der Waals surface area contributed by atoms with E-state index in [9.17, 15) is 0 Å². The molecule has 4 unspecified atom stereocenters. The zero-order valence-electron chi connectivity index (χ0n) is 10.7. The number of piperidine rings is 1. The Morgan fingerprint density at radius 3 is 2.88 bits per heavy atom. The molecule has 2 rings (SSSR count). The molecule has 2 aliphatic heterocycles. The Kier molecular flexibility index (Phi) is 4.22. The molecule has 0 radical (unpaired) electrons. The van der Waals surface area contributed by atoms with E-state index in [1.807, 2.05) is 0 Å². The van der Waals surface area contributed by atoms with Gasteiger partial charge in [-0.25, -0.2) is 0 Å². The van der Waals surface area contributed by atoms with Crippen molar-refractivity contribution in [3.63, 3.8) is 0 Å². The second-order valence-corrected chi connectivity index (χ2v) is 5.62. The van der Waals surface area contributed by atoms with E-state index < -0.39 is 0 Å². The maximum Gasteiger partial charge on any atom is 0.0561 e. The van der Waals surface area contributed by atoms with E-state index in [1.54, 1.807) is 0 Å². The van der Waals surface area contributed by atoms with E-state index in [4.69, 9.17) is 10.5 Å². The number of ether oxygens (including phenoxy) is 1. The molecule has 2 aliphatic rings. The Morgan fingerprint density at radius 2 is 2.19 bits per heavy atom. The highest BCUT2D eigenvalue weighted by atomic mass is 16.5. The Hall–Kier alpha value is -0.120. The van der Waals surface area contributed by atoms with Crippen LogP contribution in [0.25, 0.3) is 0 Å². The summed E-state index contributed by atoms with van der Waals surface area (Å²) in [5.74, 6) is 0.701. The zero-order valence-corrected chi connectivity index (χ0v) is 10.7. The van der Waals surface area contributed by atoms with Gasteiger partial charge in [0.1, 0.15) is 0 Å². The molecule has 2 fully saturated rings. The van der Waals surface area contributed by atoms with Gasteiger partial charge in [0, 0.05) is 25.2 Å². The SMILES string of the molecule is CC1CC(N2CCCC(C(C)N)C2)CCO1. The van der Waals surface area contributed by atoms with Crippen molar-refractivity contribution in [2.24, 2.45) is 11.7 Å². The predicted molar refractivity (Wildman–Crippen MR) is 66.4 cm³/mol. The van der Waals surface area contributed by atoms with Gasteiger partial charge in [-0.05, 0) is 52.0 Å². The summed E-state index contributed by atoms with van der Waals surface area (Å²) < 4.78 is 5.62. The minimum atomic E-state index is 0.347. The highest BCUT2D eigenvalue weighted by molar-refractivity contribution is 4.84. The summed E-state index contributed by atoms with van der Waals surface area (Å²) in [6, 6.07) is 1.09. The smallest absolute Gasteiger partial charge is 0.0561 e. The van der Waals surface area contributed by atoms with E-state index in [-0.39, 0.29) is 0 Å². The third-order valence-corrected chi connectivity index (χ3v) is 4.21. The lowest BCUT2D eigenvalue weighted by molar-refractivity contribution is -0.0276. The standard InChI is InChI=1S/C13H26N2O/c1-10-8-13(5-7-16-10)15-6-3-4-12(9-15)11(2)14/h10-13H,3-9,14H2,1-2H3. The van der Waals surface area contributed by atoms with Crippen molar-refractivity contribution in [1.29, 1.82) is 0 Å². The van der Waals surface area contributed by atoms with Crippen LogP contribution in [0.5, 0.6) is 0 Å². The highest BCUT2D eigenvalue weighted by Crippen LogP contribution is 2.26. The maximum atomic E-state index is 6.03. The summed E-state index contributed by atoms with van der Waals surface area (Å²) in [7, 11) is 0. The monoisotopic (exact) mass is 226 g/mol. The largest absolute Gasteiger partial charge is 0.378 e. The topological polar surface area (TPSA) is 38.5 Å². The van der Waals surface area contributed by atoms with Crippen LogP contribution >= 0.6 is 0 Å². The molecule has 2 saturated heterocycles. The molecule has 0 aromatic rings. The van der Waals surface area contributed by atoms with Crippen LogP contribution in [-0.4, -0.2) is 42.8 Å². The van der Waals surface area contributed by atoms with Crippen molar-refractivity contribution in [2.45, 2.75) is 57.7 Å². The van der Waals surface area contributed by atoms with Crippen molar-refractivity contribution in [2.75, 3.05) is 19.7 Å². The van der Waals surface area contributed by atoms with Gasteiger partial charge in [0.25, 0.3) is 0 Å². The van der Waals surface area contributed by atoms with Crippen LogP contribution < -0.4 is 5.73 Å². The van der Waals surface area contributed by atoms with Gasteiger partial charge >= 0.3 is 0 Å². The van der Waals surface area contributed by atoms with E-state index >= 15 is 0 Å². The minimum absolute atomic E-state index is 0.347. The van der Waals surface area contributed by atoms with Crippen molar-refractivity contribution in [3.8, 4) is 0 Å². The lowest BCUT2D eigenvalue weighted by atomic mass is 9.90. The first kappa shape index (κ1) is 12.3. The highest BCUT2D eigenvalue weighted by Gasteiger charge is 2.30. The summed E-state index contributed by atoms with van der Waals surface area (Å²) in [5.41, 5.74) is 6.03. The summed E-state index contributed by atoms with van der Waals surface area (Å²) in [6.45, 7) is 7.75. The molecule has 0 aliphatic carbocycles. The first-order valence-corrected chi connectivity index (χ1v) is 6.78. The third kappa shape index (κ3) is 2.96. The second-order valence-electron chi connectivity index (χ2n) is 5.62. The van der Waals surface area contributed by atoms with Crippen LogP contribution in [0, 0.1) is 5.92 Å². The van der Waals surface area contributed by atoms with Gasteiger partial charge in [0.15, 0.2) is 0 Å². The van der Waals surface area contributed by atoms with E-state index in [1.165, 1.54) is 38.8 Å². The van der Waals surface area contributed by atoms with Crippen molar-refractivity contribution >= 4 is 0 Å². The van der Waals surface area contributed by atoms with Gasteiger partial charge in [-0.15, -0.1) is 0 Å². The van der Waals surface area contributed by atoms with Gasteiger partial charge in [0.2, 0.25) is 0 Å². The number of likely N-dealkylation sites (tertiary alicyclic amines) is 1. The van der Waals surface area contributed by atoms with Crippen LogP contribution in [-0.2, 0) is 4.74 Å². The molecule has 0 saturated carbocycles. The molecular formula is C13H26N2O. The summed E-state index contributed by atoms with van der Waals surface area (Å²) in [4.78, 5) is 2.66. The number of hydrogen-bond donors (Lipinski definition) is 1. The number of nitrogens with zero attached hydrogens (tertiary/aromatic N) is 1. The molecule has 3 nitrogen and oxygen atoms in total. The van der Waals surface area contributed by atoms with E-state index in [2.05, 4.69) is 18.7 Å². The van der Waals surface area contributed by atoms with Crippen LogP contribution in [0.15, 0.2) is 0 Å². The molecule has 0 aromatic carbocycles. The molecule has 0 bridgehead atoms. The second kappa shape index (κ2) is 5.48. The summed E-state index contributed by atoms with van der Waals surface area (Å²) >= 11 is 0. The Labute approximate surface area is 99.3 Å². The molecule has 4 atom stereocenters. The molecule has 2 N–H and O–H groups in total. The van der Waals surface area contributed by atoms with Gasteiger partial charge < -0.3 is 10.5 Å². The Bertz CT molecular complexity index is 220. The van der Waals surface area contributed by atoms with Crippen molar-refractivity contribution < 1.29 is 4.74 Å². The average Bonchev–Trinajstić information content (AvgIpc) is 2.29. The van der Waals surface area contributed by atoms with Gasteiger partial charge in [0.05, 0.1) is 6.10 Å². The maximum absolute atomic E-state index is 6.03. The normalized spacial score (nSPS) is 39.6. The fourth-order valence-electron chi connectivity index (χ4n) is 3.11. The van der Waals surface area contributed by atoms with Crippen LogP contribution in [0.3, 0.4) is 0 Å². The molecule has 0 spiro atoms. The molecule has 0 aromatic heterocycles. The quantitative estimate of drug-likeness (QED) is 0.777. The van der Waals surface area contributed by atoms with Gasteiger partial charge in [-0.1, -0.05) is 0 Å². The van der Waals surface area contributed by atoms with Crippen LogP contribution in [0.4, 0.5) is 0 Å². The minimum Gasteiger partial charge on any atom is -0.378 e. The molecule has 94 valence electrons. The zero-order chi connectivity index (χ0) is 11.5. The number of rotatable bonds is 2. The van der Waals surface area contributed by atoms with Gasteiger partial charge in [-0.2, -0.15) is 0 Å². The Morgan fingerprint density at radius 1 is 1.38 bits per heavy atom. The molecule has 0 amide bonds. The van der Waals surface area contributed by atoms with E-state index in [0.29, 0.717) is 18.1 Å². The van der Waals surface area contributed by atoms with Crippen LogP contribution in [0.2, 0.25) is 0 Å². The molecular weight excluding hydrogens is 200 g/mol. The first-order chi connectivity index (χ1) is 7.66. The van der Waals surface area contributed by atoms with Crippen molar-refractivity contribution in [3.05, 3.63) is 0 Å². The molecule has 16 heavy (non-hydrogen) atoms. The lowest BCUT2D eigenvalue weighted by Crippen LogP contribution is -2.49. The first-order valence-electron chi connectivity index (χ1n) is 6.78. The van der Waals surface area contributed by atoms with E-state index in [0.717, 1.165) is 12.6 Å². The van der Waals surface area contributed by atoms with Crippen LogP contribution in [0.1, 0.15) is 39.5 Å². The van der Waals surface area contributed by atoms with Crippen molar-refractivity contribution in [1.82, 2.24) is 4.90 Å². The Balaban J connectivity index is 1.88. The summed E-state index contributed by atoms with van der Waals surface area (Å²) in [5, 5.41) is 0. The van der Waals surface area contributed by atoms with Gasteiger partial charge in [-0.3, -0.25) is 4.90 Å². The summed E-state index contributed by atoms with van der Waals surface area (Å²) in [6.07, 6.45) is 5.47. The fraction of sp³-hybridized carbons (Fsp3) is 1.00. The number of hydrogen-bond acceptors (Lipinski definition) is 3. The molecule has 2 heterocycles. The predicted octanol–water partition coefficient (Wildman–Crippen LogP) is 1.61.